The van der Waals surface area contributed by atoms with Crippen molar-refractivity contribution in [3.63, 3.8) is 0 Å². The predicted octanol–water partition coefficient (Wildman–Crippen LogP) is 3.60. The van der Waals surface area contributed by atoms with E-state index >= 15 is 0 Å². The lowest BCUT2D eigenvalue weighted by Gasteiger charge is -2.05. The van der Waals surface area contributed by atoms with Crippen molar-refractivity contribution in [1.82, 2.24) is 0 Å². The van der Waals surface area contributed by atoms with Crippen molar-refractivity contribution in [3.8, 4) is 5.75 Å². The van der Waals surface area contributed by atoms with Crippen LogP contribution in [0.2, 0.25) is 0 Å². The molecule has 0 N–H and O–H groups in total. The van der Waals surface area contributed by atoms with Crippen molar-refractivity contribution in [1.29, 1.82) is 0 Å². The van der Waals surface area contributed by atoms with Crippen LogP contribution in [0.4, 0.5) is 0 Å². The molecule has 0 amide bonds. The molecule has 1 aromatic rings. The van der Waals surface area contributed by atoms with Gasteiger partial charge in [-0.3, -0.25) is 0 Å². The van der Waals surface area contributed by atoms with Gasteiger partial charge in [-0.2, -0.15) is 0 Å². The van der Waals surface area contributed by atoms with Gasteiger partial charge in [0.15, 0.2) is 0 Å². The number of halogens is 1. The molecule has 76 valence electrons. The maximum absolute atomic E-state index is 5.69. The van der Waals surface area contributed by atoms with Crippen LogP contribution in [-0.4, -0.2) is 6.61 Å². The fraction of sp³-hybridized carbons (Fsp3) is 0.500. The Balaban J connectivity index is 1.77. The smallest absolute Gasteiger partial charge is 0.119 e. The van der Waals surface area contributed by atoms with E-state index in [9.17, 15) is 0 Å². The van der Waals surface area contributed by atoms with Crippen molar-refractivity contribution in [2.45, 2.75) is 25.1 Å². The van der Waals surface area contributed by atoms with Crippen LogP contribution in [0.5, 0.6) is 5.75 Å². The van der Waals surface area contributed by atoms with Crippen LogP contribution >= 0.6 is 11.6 Å². The lowest BCUT2D eigenvalue weighted by molar-refractivity contribution is 0.302. The number of hydrogen-bond acceptors (Lipinski definition) is 1. The number of alkyl halides is 1. The summed E-state index contributed by atoms with van der Waals surface area (Å²) in [6, 6.07) is 8.01. The Morgan fingerprint density at radius 2 is 1.93 bits per heavy atom. The van der Waals surface area contributed by atoms with Crippen LogP contribution in [0.15, 0.2) is 24.3 Å². The second kappa shape index (κ2) is 4.70. The average molecular weight is 211 g/mol. The highest BCUT2D eigenvalue weighted by molar-refractivity contribution is 6.17. The average Bonchev–Trinajstić information content (AvgIpc) is 3.03. The number of benzene rings is 1. The van der Waals surface area contributed by atoms with Gasteiger partial charge in [-0.1, -0.05) is 25.0 Å². The van der Waals surface area contributed by atoms with E-state index in [2.05, 4.69) is 0 Å². The Morgan fingerprint density at radius 3 is 2.50 bits per heavy atom. The van der Waals surface area contributed by atoms with Crippen molar-refractivity contribution in [3.05, 3.63) is 29.8 Å². The molecule has 0 aromatic heterocycles. The highest BCUT2D eigenvalue weighted by Crippen LogP contribution is 2.32. The Bertz CT molecular complexity index is 277. The van der Waals surface area contributed by atoms with E-state index < -0.39 is 0 Å². The van der Waals surface area contributed by atoms with E-state index in [0.29, 0.717) is 5.88 Å². The standard InChI is InChI=1S/C12H15ClO/c13-9-11-3-5-12(6-4-11)14-8-7-10-1-2-10/h3-6,10H,1-2,7-9H2. The van der Waals surface area contributed by atoms with Gasteiger partial charge in [-0.25, -0.2) is 0 Å². The Kier molecular flexibility index (Phi) is 3.30. The molecule has 1 aliphatic rings. The topological polar surface area (TPSA) is 9.23 Å². The molecular formula is C12H15ClO. The van der Waals surface area contributed by atoms with Gasteiger partial charge >= 0.3 is 0 Å². The quantitative estimate of drug-likeness (QED) is 0.675. The van der Waals surface area contributed by atoms with Gasteiger partial charge in [-0.05, 0) is 30.0 Å². The maximum atomic E-state index is 5.69. The number of rotatable bonds is 5. The normalized spacial score (nSPS) is 15.5. The molecule has 2 rings (SSSR count). The van der Waals surface area contributed by atoms with Crippen LogP contribution in [0.1, 0.15) is 24.8 Å². The fourth-order valence-corrected chi connectivity index (χ4v) is 1.60. The van der Waals surface area contributed by atoms with Gasteiger partial charge in [0, 0.05) is 5.88 Å². The van der Waals surface area contributed by atoms with Gasteiger partial charge in [0.1, 0.15) is 5.75 Å². The lowest BCUT2D eigenvalue weighted by atomic mass is 10.2. The molecule has 1 saturated carbocycles. The van der Waals surface area contributed by atoms with Crippen LogP contribution in [0.3, 0.4) is 0 Å². The molecule has 0 atom stereocenters. The molecule has 14 heavy (non-hydrogen) atoms. The van der Waals surface area contributed by atoms with E-state index in [-0.39, 0.29) is 0 Å². The molecule has 0 heterocycles. The van der Waals surface area contributed by atoms with Gasteiger partial charge in [0.25, 0.3) is 0 Å². The van der Waals surface area contributed by atoms with Gasteiger partial charge in [0.2, 0.25) is 0 Å². The SMILES string of the molecule is ClCc1ccc(OCCC2CC2)cc1. The van der Waals surface area contributed by atoms with Gasteiger partial charge in [0.05, 0.1) is 6.61 Å². The van der Waals surface area contributed by atoms with Gasteiger partial charge in [-0.15, -0.1) is 11.6 Å². The molecule has 1 aromatic carbocycles. The largest absolute Gasteiger partial charge is 0.494 e. The molecule has 1 aliphatic carbocycles. The number of hydrogen-bond donors (Lipinski definition) is 0. The lowest BCUT2D eigenvalue weighted by Crippen LogP contribution is -1.97. The zero-order chi connectivity index (χ0) is 9.80. The minimum atomic E-state index is 0.572. The third-order valence-corrected chi connectivity index (χ3v) is 2.88. The van der Waals surface area contributed by atoms with Crippen molar-refractivity contribution in [2.75, 3.05) is 6.61 Å². The second-order valence-electron chi connectivity index (χ2n) is 3.86. The summed E-state index contributed by atoms with van der Waals surface area (Å²) in [5, 5.41) is 0. The molecule has 0 spiro atoms. The third-order valence-electron chi connectivity index (χ3n) is 2.57. The van der Waals surface area contributed by atoms with Gasteiger partial charge < -0.3 is 4.74 Å². The molecule has 0 radical (unpaired) electrons. The zero-order valence-corrected chi connectivity index (χ0v) is 8.96. The number of ether oxygens (including phenoxy) is 1. The Morgan fingerprint density at radius 1 is 1.21 bits per heavy atom. The van der Waals surface area contributed by atoms with Crippen LogP contribution < -0.4 is 4.74 Å². The first-order valence-electron chi connectivity index (χ1n) is 5.16. The van der Waals surface area contributed by atoms with Crippen molar-refractivity contribution < 1.29 is 4.74 Å². The summed E-state index contributed by atoms with van der Waals surface area (Å²) in [4.78, 5) is 0. The van der Waals surface area contributed by atoms with Crippen molar-refractivity contribution in [2.24, 2.45) is 5.92 Å². The summed E-state index contributed by atoms with van der Waals surface area (Å²) >= 11 is 5.69. The third kappa shape index (κ3) is 2.91. The summed E-state index contributed by atoms with van der Waals surface area (Å²) in [6.07, 6.45) is 4.00. The maximum Gasteiger partial charge on any atom is 0.119 e. The highest BCUT2D eigenvalue weighted by Gasteiger charge is 2.20. The predicted molar refractivity (Wildman–Crippen MR) is 58.8 cm³/mol. The molecule has 1 fully saturated rings. The first kappa shape index (κ1) is 9.85. The fourth-order valence-electron chi connectivity index (χ4n) is 1.42. The molecule has 0 unspecified atom stereocenters. The zero-order valence-electron chi connectivity index (χ0n) is 8.21. The first-order chi connectivity index (χ1) is 6.88. The summed E-state index contributed by atoms with van der Waals surface area (Å²) in [7, 11) is 0. The minimum absolute atomic E-state index is 0.572. The molecule has 0 aliphatic heterocycles. The molecule has 2 heteroatoms. The van der Waals surface area contributed by atoms with Crippen LogP contribution in [-0.2, 0) is 5.88 Å². The van der Waals surface area contributed by atoms with E-state index in [1.165, 1.54) is 19.3 Å². The molecular weight excluding hydrogens is 196 g/mol. The summed E-state index contributed by atoms with van der Waals surface area (Å²) in [5.74, 6) is 2.47. The van der Waals surface area contributed by atoms with E-state index in [4.69, 9.17) is 16.3 Å². The molecule has 1 nitrogen and oxygen atoms in total. The summed E-state index contributed by atoms with van der Waals surface area (Å²) in [6.45, 7) is 0.852. The highest BCUT2D eigenvalue weighted by atomic mass is 35.5. The molecule has 0 bridgehead atoms. The van der Waals surface area contributed by atoms with Crippen molar-refractivity contribution >= 4 is 11.6 Å². The minimum Gasteiger partial charge on any atom is -0.494 e. The van der Waals surface area contributed by atoms with E-state index in [1.807, 2.05) is 24.3 Å². The Hall–Kier alpha value is -0.690. The second-order valence-corrected chi connectivity index (χ2v) is 4.13. The summed E-state index contributed by atoms with van der Waals surface area (Å²) in [5.41, 5.74) is 1.14. The van der Waals surface area contributed by atoms with Crippen LogP contribution in [0, 0.1) is 5.92 Å². The summed E-state index contributed by atoms with van der Waals surface area (Å²) < 4.78 is 5.61. The Labute approximate surface area is 90.0 Å². The van der Waals surface area contributed by atoms with E-state index in [0.717, 1.165) is 23.8 Å². The monoisotopic (exact) mass is 210 g/mol. The van der Waals surface area contributed by atoms with E-state index in [1.54, 1.807) is 0 Å². The first-order valence-corrected chi connectivity index (χ1v) is 5.69. The molecule has 0 saturated heterocycles. The van der Waals surface area contributed by atoms with Crippen LogP contribution in [0.25, 0.3) is 0 Å².